The molecule has 4 aromatic rings. The van der Waals surface area contributed by atoms with Crippen LogP contribution in [0.5, 0.6) is 0 Å². The first-order valence-electron chi connectivity index (χ1n) is 14.1. The normalized spacial score (nSPS) is 27.5. The lowest BCUT2D eigenvalue weighted by Crippen LogP contribution is -2.63. The summed E-state index contributed by atoms with van der Waals surface area (Å²) in [7, 11) is 1.32. The molecular weight excluding hydrogens is 603 g/mol. The van der Waals surface area contributed by atoms with E-state index < -0.39 is 72.6 Å². The van der Waals surface area contributed by atoms with Gasteiger partial charge in [0, 0.05) is 18.4 Å². The number of aliphatic hydroxyl groups is 3. The van der Waals surface area contributed by atoms with Crippen molar-refractivity contribution in [3.8, 4) is 11.3 Å². The van der Waals surface area contributed by atoms with E-state index >= 15 is 0 Å². The molecule has 11 nitrogen and oxygen atoms in total. The van der Waals surface area contributed by atoms with Gasteiger partial charge < -0.3 is 29.7 Å². The number of amides is 1. The number of thiazole rings is 1. The third-order valence-electron chi connectivity index (χ3n) is 8.33. The first-order chi connectivity index (χ1) is 21.2. The molecule has 1 amide bonds. The molecule has 2 aliphatic rings. The van der Waals surface area contributed by atoms with E-state index in [-0.39, 0.29) is 11.3 Å². The van der Waals surface area contributed by atoms with Crippen molar-refractivity contribution in [1.82, 2.24) is 20.0 Å². The second-order valence-corrected chi connectivity index (χ2v) is 11.8. The number of carbonyl (C=O) groups excluding carboxylic acids is 1. The summed E-state index contributed by atoms with van der Waals surface area (Å²) >= 11 is 1.40. The van der Waals surface area contributed by atoms with E-state index in [9.17, 15) is 33.3 Å². The third-order valence-corrected chi connectivity index (χ3v) is 9.13. The van der Waals surface area contributed by atoms with Crippen LogP contribution >= 0.6 is 11.3 Å². The Morgan fingerprint density at radius 1 is 1.16 bits per heavy atom. The van der Waals surface area contributed by atoms with Gasteiger partial charge >= 0.3 is 0 Å². The van der Waals surface area contributed by atoms with Crippen molar-refractivity contribution in [1.29, 1.82) is 0 Å². The number of carbonyl (C=O) groups is 1. The number of hydrogen-bond donors (Lipinski definition) is 3. The SMILES string of the molecule is CO[C@@H]1[C@@H](n2cc(-c3cc(F)c(F)c(F)c3)nn2)[C@@H](O)[C@@H](CO)O[C@H]1C(=O)N(c1ccc2ncsc2c1)[C@H]1CCCC[C@@H]1O. The lowest BCUT2D eigenvalue weighted by atomic mass is 9.88. The van der Waals surface area contributed by atoms with Crippen LogP contribution in [-0.2, 0) is 14.3 Å². The van der Waals surface area contributed by atoms with Gasteiger partial charge in [-0.1, -0.05) is 18.1 Å². The quantitative estimate of drug-likeness (QED) is 0.262. The highest BCUT2D eigenvalue weighted by atomic mass is 32.1. The molecule has 6 rings (SSSR count). The molecule has 3 heterocycles. The van der Waals surface area contributed by atoms with Crippen molar-refractivity contribution in [2.75, 3.05) is 18.6 Å². The Morgan fingerprint density at radius 3 is 2.61 bits per heavy atom. The molecule has 234 valence electrons. The predicted molar refractivity (Wildman–Crippen MR) is 152 cm³/mol. The highest BCUT2D eigenvalue weighted by molar-refractivity contribution is 7.16. The van der Waals surface area contributed by atoms with E-state index in [1.165, 1.54) is 34.2 Å². The predicted octanol–water partition coefficient (Wildman–Crippen LogP) is 2.99. The molecular formula is C29H30F3N5O6S. The maximum Gasteiger partial charge on any atom is 0.259 e. The average Bonchev–Trinajstić information content (AvgIpc) is 3.70. The van der Waals surface area contributed by atoms with Crippen molar-refractivity contribution in [3.63, 3.8) is 0 Å². The zero-order chi connectivity index (χ0) is 31.1. The van der Waals surface area contributed by atoms with Crippen LogP contribution in [0.25, 0.3) is 21.5 Å². The monoisotopic (exact) mass is 633 g/mol. The molecule has 15 heteroatoms. The van der Waals surface area contributed by atoms with Crippen molar-refractivity contribution in [3.05, 3.63) is 59.5 Å². The minimum absolute atomic E-state index is 0.0374. The van der Waals surface area contributed by atoms with Crippen LogP contribution in [-0.4, -0.2) is 91.5 Å². The van der Waals surface area contributed by atoms with Gasteiger partial charge in [0.25, 0.3) is 5.91 Å². The van der Waals surface area contributed by atoms with Crippen molar-refractivity contribution >= 4 is 33.1 Å². The number of aromatic nitrogens is 4. The molecule has 0 bridgehead atoms. The van der Waals surface area contributed by atoms with Crippen LogP contribution in [0.2, 0.25) is 0 Å². The van der Waals surface area contributed by atoms with Crippen molar-refractivity contribution in [2.45, 2.75) is 68.3 Å². The molecule has 2 aromatic heterocycles. The molecule has 1 saturated carbocycles. The first kappa shape index (κ1) is 30.6. The topological polar surface area (TPSA) is 143 Å². The summed E-state index contributed by atoms with van der Waals surface area (Å²) in [6.45, 7) is -0.660. The van der Waals surface area contributed by atoms with Gasteiger partial charge in [0.1, 0.15) is 30.0 Å². The third kappa shape index (κ3) is 5.48. The van der Waals surface area contributed by atoms with Crippen LogP contribution in [0, 0.1) is 17.5 Å². The van der Waals surface area contributed by atoms with Gasteiger partial charge in [-0.25, -0.2) is 22.8 Å². The summed E-state index contributed by atoms with van der Waals surface area (Å²) in [5.74, 6) is -5.02. The molecule has 1 aliphatic carbocycles. The highest BCUT2D eigenvalue weighted by Gasteiger charge is 2.52. The number of benzene rings is 2. The van der Waals surface area contributed by atoms with Crippen molar-refractivity contribution < 1.29 is 42.8 Å². The standard InChI is InChI=1S/C29H30F3N5O6S/c1-42-27-25(36-11-19(34-35-36)14-8-16(30)24(32)17(31)9-14)26(40)22(12-38)43-28(27)29(41)37(20-4-2-3-5-21(20)39)15-6-7-18-23(10-15)44-13-33-18/h6-11,13,20-22,25-28,38-40H,2-5,12H2,1H3/t20-,21-,22+,25-,26-,27+,28+/m0/s1. The summed E-state index contributed by atoms with van der Waals surface area (Å²) in [6, 6.07) is 5.13. The minimum atomic E-state index is -1.63. The molecule has 2 aromatic carbocycles. The molecule has 7 atom stereocenters. The maximum atomic E-state index is 14.5. The zero-order valence-electron chi connectivity index (χ0n) is 23.5. The molecule has 0 radical (unpaired) electrons. The summed E-state index contributed by atoms with van der Waals surface area (Å²) in [6.07, 6.45) is -2.17. The second kappa shape index (κ2) is 12.5. The van der Waals surface area contributed by atoms with E-state index in [0.717, 1.165) is 35.2 Å². The number of fused-ring (bicyclic) bond motifs is 1. The van der Waals surface area contributed by atoms with E-state index in [2.05, 4.69) is 15.3 Å². The summed E-state index contributed by atoms with van der Waals surface area (Å²) < 4.78 is 55.1. The van der Waals surface area contributed by atoms with E-state index in [4.69, 9.17) is 9.47 Å². The lowest BCUT2D eigenvalue weighted by molar-refractivity contribution is -0.211. The first-order valence-corrected chi connectivity index (χ1v) is 15.0. The van der Waals surface area contributed by atoms with Gasteiger partial charge in [-0.2, -0.15) is 0 Å². The number of hydrogen-bond acceptors (Lipinski definition) is 10. The van der Waals surface area contributed by atoms with Crippen molar-refractivity contribution in [2.24, 2.45) is 0 Å². The average molecular weight is 634 g/mol. The van der Waals surface area contributed by atoms with Crippen LogP contribution in [0.3, 0.4) is 0 Å². The van der Waals surface area contributed by atoms with Crippen LogP contribution in [0.1, 0.15) is 31.7 Å². The minimum Gasteiger partial charge on any atom is -0.394 e. The molecule has 1 aliphatic heterocycles. The Bertz CT molecular complexity index is 1630. The van der Waals surface area contributed by atoms with E-state index in [0.29, 0.717) is 18.5 Å². The summed E-state index contributed by atoms with van der Waals surface area (Å²) in [5.41, 5.74) is 2.82. The number of aliphatic hydroxyl groups excluding tert-OH is 3. The van der Waals surface area contributed by atoms with Gasteiger partial charge in [0.2, 0.25) is 0 Å². The molecule has 0 unspecified atom stereocenters. The molecule has 44 heavy (non-hydrogen) atoms. The van der Waals surface area contributed by atoms with Gasteiger partial charge in [0.15, 0.2) is 23.6 Å². The number of ether oxygens (including phenoxy) is 2. The van der Waals surface area contributed by atoms with Gasteiger partial charge in [-0.15, -0.1) is 16.4 Å². The Morgan fingerprint density at radius 2 is 1.91 bits per heavy atom. The van der Waals surface area contributed by atoms with E-state index in [1.807, 2.05) is 6.07 Å². The van der Waals surface area contributed by atoms with Crippen LogP contribution < -0.4 is 4.90 Å². The summed E-state index contributed by atoms with van der Waals surface area (Å²) in [4.78, 5) is 20.3. The fraction of sp³-hybridized carbons (Fsp3) is 0.448. The Kier molecular flexibility index (Phi) is 8.68. The number of rotatable bonds is 7. The number of halogens is 3. The maximum absolute atomic E-state index is 14.5. The Labute approximate surface area is 253 Å². The van der Waals surface area contributed by atoms with Gasteiger partial charge in [-0.05, 0) is 43.2 Å². The summed E-state index contributed by atoms with van der Waals surface area (Å²) in [5, 5.41) is 40.4. The molecule has 2 fully saturated rings. The number of anilines is 1. The van der Waals surface area contributed by atoms with E-state index in [1.54, 1.807) is 17.6 Å². The van der Waals surface area contributed by atoms with Crippen LogP contribution in [0.4, 0.5) is 18.9 Å². The lowest BCUT2D eigenvalue weighted by Gasteiger charge is -2.46. The number of methoxy groups -OCH3 is 1. The van der Waals surface area contributed by atoms with Gasteiger partial charge in [0.05, 0.1) is 40.7 Å². The van der Waals surface area contributed by atoms with Gasteiger partial charge in [-0.3, -0.25) is 4.79 Å². The Balaban J connectivity index is 1.39. The molecule has 1 saturated heterocycles. The van der Waals surface area contributed by atoms with Crippen LogP contribution in [0.15, 0.2) is 42.0 Å². The fourth-order valence-corrected chi connectivity index (χ4v) is 6.83. The Hall–Kier alpha value is -3.47. The molecule has 3 N–H and O–H groups in total. The largest absolute Gasteiger partial charge is 0.394 e. The molecule has 0 spiro atoms. The smallest absolute Gasteiger partial charge is 0.259 e. The zero-order valence-corrected chi connectivity index (χ0v) is 24.3. The number of nitrogens with zero attached hydrogens (tertiary/aromatic N) is 5. The second-order valence-electron chi connectivity index (χ2n) is 10.9. The fourth-order valence-electron chi connectivity index (χ4n) is 6.12. The highest BCUT2D eigenvalue weighted by Crippen LogP contribution is 2.37.